The summed E-state index contributed by atoms with van der Waals surface area (Å²) in [6, 6.07) is 13.9. The zero-order valence-electron chi connectivity index (χ0n) is 17.4. The molecule has 2 saturated carbocycles. The normalized spacial score (nSPS) is 26.0. The van der Waals surface area contributed by atoms with Gasteiger partial charge in [-0.3, -0.25) is 9.59 Å². The maximum absolute atomic E-state index is 12.3. The van der Waals surface area contributed by atoms with Crippen molar-refractivity contribution >= 4 is 28.3 Å². The molecular weight excluding hydrogens is 362 g/mol. The first-order valence-electron chi connectivity index (χ1n) is 10.4. The van der Waals surface area contributed by atoms with Gasteiger partial charge < -0.3 is 5.32 Å². The van der Waals surface area contributed by atoms with Crippen LogP contribution in [-0.2, 0) is 16.0 Å². The molecule has 0 aromatic heterocycles. The molecule has 5 heteroatoms. The Labute approximate surface area is 171 Å². The Morgan fingerprint density at radius 3 is 2.55 bits per heavy atom. The topological polar surface area (TPSA) is 70.6 Å². The summed E-state index contributed by atoms with van der Waals surface area (Å²) in [5, 5.41) is 9.32. The summed E-state index contributed by atoms with van der Waals surface area (Å²) in [4.78, 5) is 24.5. The van der Waals surface area contributed by atoms with Gasteiger partial charge in [0.15, 0.2) is 0 Å². The van der Waals surface area contributed by atoms with Gasteiger partial charge in [0, 0.05) is 11.1 Å². The zero-order valence-corrected chi connectivity index (χ0v) is 17.4. The van der Waals surface area contributed by atoms with Crippen LogP contribution in [0, 0.1) is 16.7 Å². The second-order valence-corrected chi connectivity index (χ2v) is 9.18. The van der Waals surface area contributed by atoms with E-state index in [2.05, 4.69) is 36.6 Å². The number of carbonyl (C=O) groups excluding carboxylic acids is 2. The van der Waals surface area contributed by atoms with Gasteiger partial charge in [0.25, 0.3) is 5.91 Å². The summed E-state index contributed by atoms with van der Waals surface area (Å²) in [6.45, 7) is 6.81. The van der Waals surface area contributed by atoms with Crippen molar-refractivity contribution in [2.75, 3.05) is 6.54 Å². The molecule has 0 heterocycles. The van der Waals surface area contributed by atoms with Crippen molar-refractivity contribution in [2.24, 2.45) is 21.8 Å². The first kappa shape index (κ1) is 19.6. The fourth-order valence-corrected chi connectivity index (χ4v) is 5.13. The molecule has 2 aromatic carbocycles. The predicted octanol–water partition coefficient (Wildman–Crippen LogP) is 3.82. The molecule has 0 spiro atoms. The van der Waals surface area contributed by atoms with Gasteiger partial charge in [-0.2, -0.15) is 5.10 Å². The highest BCUT2D eigenvalue weighted by molar-refractivity contribution is 5.95. The number of nitrogens with one attached hydrogen (secondary N) is 2. The van der Waals surface area contributed by atoms with Crippen molar-refractivity contribution in [1.29, 1.82) is 0 Å². The summed E-state index contributed by atoms with van der Waals surface area (Å²) in [5.41, 5.74) is 4.99. The van der Waals surface area contributed by atoms with Crippen LogP contribution in [0.3, 0.4) is 0 Å². The number of carbonyl (C=O) groups is 2. The second-order valence-electron chi connectivity index (χ2n) is 9.18. The minimum atomic E-state index is -0.284. The summed E-state index contributed by atoms with van der Waals surface area (Å²) in [6.07, 6.45) is 3.57. The maximum Gasteiger partial charge on any atom is 0.259 e. The Balaban J connectivity index is 1.32. The number of hydrazone groups is 1. The van der Waals surface area contributed by atoms with Crippen molar-refractivity contribution in [1.82, 2.24) is 10.7 Å². The van der Waals surface area contributed by atoms with Crippen LogP contribution in [0.1, 0.15) is 45.6 Å². The van der Waals surface area contributed by atoms with Crippen LogP contribution < -0.4 is 10.7 Å². The monoisotopic (exact) mass is 391 g/mol. The number of benzene rings is 2. The molecule has 0 saturated heterocycles. The van der Waals surface area contributed by atoms with Gasteiger partial charge >= 0.3 is 0 Å². The van der Waals surface area contributed by atoms with E-state index in [4.69, 9.17) is 0 Å². The van der Waals surface area contributed by atoms with E-state index in [9.17, 15) is 9.59 Å². The van der Waals surface area contributed by atoms with Crippen molar-refractivity contribution in [3.05, 3.63) is 48.0 Å². The Hall–Kier alpha value is -2.69. The van der Waals surface area contributed by atoms with Gasteiger partial charge in [0.1, 0.15) is 0 Å². The number of amides is 2. The average Bonchev–Trinajstić information content (AvgIpc) is 3.04. The first-order chi connectivity index (χ1) is 13.8. The van der Waals surface area contributed by atoms with Gasteiger partial charge in [-0.1, -0.05) is 63.2 Å². The third kappa shape index (κ3) is 3.43. The van der Waals surface area contributed by atoms with Crippen LogP contribution in [0.25, 0.3) is 10.8 Å². The van der Waals surface area contributed by atoms with E-state index in [1.807, 2.05) is 42.5 Å². The third-order valence-corrected chi connectivity index (χ3v) is 7.50. The summed E-state index contributed by atoms with van der Waals surface area (Å²) >= 11 is 0. The molecule has 4 rings (SSSR count). The summed E-state index contributed by atoms with van der Waals surface area (Å²) < 4.78 is 0. The second kappa shape index (κ2) is 7.29. The Morgan fingerprint density at radius 2 is 1.83 bits per heavy atom. The number of nitrogens with zero attached hydrogens (tertiary/aromatic N) is 1. The highest BCUT2D eigenvalue weighted by Crippen LogP contribution is 2.63. The van der Waals surface area contributed by atoms with E-state index >= 15 is 0 Å². The van der Waals surface area contributed by atoms with Gasteiger partial charge in [-0.05, 0) is 46.9 Å². The first-order valence-corrected chi connectivity index (χ1v) is 10.4. The Bertz CT molecular complexity index is 989. The molecule has 29 heavy (non-hydrogen) atoms. The lowest BCUT2D eigenvalue weighted by molar-refractivity contribution is -0.125. The molecule has 0 unspecified atom stereocenters. The summed E-state index contributed by atoms with van der Waals surface area (Å²) in [5.74, 6) is 0.189. The lowest BCUT2D eigenvalue weighted by atomic mass is 9.70. The number of hydrogen-bond acceptors (Lipinski definition) is 3. The molecule has 5 nitrogen and oxygen atoms in total. The SMILES string of the molecule is CC1(C)[C@H]2CC[C@]1(C)/C(=N/NC(=O)CNC(=O)Cc1cccc3ccccc13)C2. The highest BCUT2D eigenvalue weighted by Gasteiger charge is 2.60. The maximum atomic E-state index is 12.3. The quantitative estimate of drug-likeness (QED) is 0.761. The molecule has 2 N–H and O–H groups in total. The average molecular weight is 392 g/mol. The van der Waals surface area contributed by atoms with Crippen molar-refractivity contribution < 1.29 is 9.59 Å². The number of rotatable bonds is 5. The fourth-order valence-electron chi connectivity index (χ4n) is 5.13. The van der Waals surface area contributed by atoms with Crippen LogP contribution >= 0.6 is 0 Å². The smallest absolute Gasteiger partial charge is 0.259 e. The lowest BCUT2D eigenvalue weighted by Crippen LogP contribution is -2.38. The van der Waals surface area contributed by atoms with Gasteiger partial charge in [0.05, 0.1) is 13.0 Å². The fraction of sp³-hybridized carbons (Fsp3) is 0.458. The van der Waals surface area contributed by atoms with Gasteiger partial charge in [0.2, 0.25) is 5.91 Å². The van der Waals surface area contributed by atoms with Crippen LogP contribution in [0.4, 0.5) is 0 Å². The van der Waals surface area contributed by atoms with Crippen LogP contribution in [-0.4, -0.2) is 24.1 Å². The largest absolute Gasteiger partial charge is 0.347 e. The minimum Gasteiger partial charge on any atom is -0.347 e. The van der Waals surface area contributed by atoms with Crippen LogP contribution in [0.15, 0.2) is 47.6 Å². The van der Waals surface area contributed by atoms with E-state index in [0.717, 1.165) is 34.9 Å². The molecule has 0 radical (unpaired) electrons. The minimum absolute atomic E-state index is 0.0581. The molecule has 0 aliphatic heterocycles. The molecule has 2 aromatic rings. The molecule has 2 fully saturated rings. The van der Waals surface area contributed by atoms with E-state index in [-0.39, 0.29) is 35.6 Å². The van der Waals surface area contributed by atoms with Gasteiger partial charge in [-0.15, -0.1) is 0 Å². The van der Waals surface area contributed by atoms with E-state index in [0.29, 0.717) is 5.92 Å². The highest BCUT2D eigenvalue weighted by atomic mass is 16.2. The Kier molecular flexibility index (Phi) is 4.93. The van der Waals surface area contributed by atoms with Crippen LogP contribution in [0.2, 0.25) is 0 Å². The number of fused-ring (bicyclic) bond motifs is 3. The Morgan fingerprint density at radius 1 is 1.07 bits per heavy atom. The standard InChI is InChI=1S/C24H29N3O2/c1-23(2)18-11-12-24(23,3)20(14-18)26-27-22(29)15-25-21(28)13-17-9-6-8-16-7-4-5-10-19(16)17/h4-10,18H,11-15H2,1-3H3,(H,25,28)(H,27,29)/b26-20+/t18-,24+/m0/s1. The van der Waals surface area contributed by atoms with Crippen molar-refractivity contribution in [3.63, 3.8) is 0 Å². The number of hydrogen-bond donors (Lipinski definition) is 2. The van der Waals surface area contributed by atoms with E-state index in [1.54, 1.807) is 0 Å². The molecule has 152 valence electrons. The van der Waals surface area contributed by atoms with Crippen LogP contribution in [0.5, 0.6) is 0 Å². The van der Waals surface area contributed by atoms with Crippen molar-refractivity contribution in [3.8, 4) is 0 Å². The molecule has 2 aliphatic carbocycles. The van der Waals surface area contributed by atoms with Crippen molar-refractivity contribution in [2.45, 2.75) is 46.5 Å². The molecule has 2 atom stereocenters. The zero-order chi connectivity index (χ0) is 20.6. The lowest BCUT2D eigenvalue weighted by Gasteiger charge is -2.34. The molecule has 2 bridgehead atoms. The third-order valence-electron chi connectivity index (χ3n) is 7.50. The van der Waals surface area contributed by atoms with Gasteiger partial charge in [-0.25, -0.2) is 5.43 Å². The van der Waals surface area contributed by atoms with E-state index < -0.39 is 0 Å². The summed E-state index contributed by atoms with van der Waals surface area (Å²) in [7, 11) is 0. The molecular formula is C24H29N3O2. The molecule has 2 amide bonds. The van der Waals surface area contributed by atoms with E-state index in [1.165, 1.54) is 6.42 Å². The molecule has 2 aliphatic rings. The predicted molar refractivity (Wildman–Crippen MR) is 115 cm³/mol.